The van der Waals surface area contributed by atoms with Crippen molar-refractivity contribution in [3.63, 3.8) is 0 Å². The van der Waals surface area contributed by atoms with Crippen LogP contribution in [0.4, 0.5) is 4.79 Å². The lowest BCUT2D eigenvalue weighted by Crippen LogP contribution is -2.23. The van der Waals surface area contributed by atoms with Crippen LogP contribution in [-0.4, -0.2) is 16.4 Å². The number of hydrogen-bond acceptors (Lipinski definition) is 1. The van der Waals surface area contributed by atoms with Crippen molar-refractivity contribution in [2.24, 2.45) is 17.8 Å². The number of allylic oxidation sites excluding steroid dienone is 1. The summed E-state index contributed by atoms with van der Waals surface area (Å²) in [5.74, 6) is 3.23. The van der Waals surface area contributed by atoms with Gasteiger partial charge in [-0.05, 0) is 43.4 Å². The van der Waals surface area contributed by atoms with Gasteiger partial charge in [0.2, 0.25) is 0 Å². The van der Waals surface area contributed by atoms with Crippen LogP contribution in [0.25, 0.3) is 0 Å². The van der Waals surface area contributed by atoms with E-state index in [1.165, 1.54) is 57.8 Å². The highest BCUT2D eigenvalue weighted by Crippen LogP contribution is 2.40. The Morgan fingerprint density at radius 3 is 1.95 bits per heavy atom. The van der Waals surface area contributed by atoms with Crippen molar-refractivity contribution in [2.45, 2.75) is 70.6 Å². The second-order valence-corrected chi connectivity index (χ2v) is 6.33. The third-order valence-corrected chi connectivity index (χ3v) is 4.99. The van der Waals surface area contributed by atoms with Crippen LogP contribution in [0, 0.1) is 17.8 Å². The minimum atomic E-state index is -1.83. The van der Waals surface area contributed by atoms with E-state index in [0.29, 0.717) is 0 Å². The van der Waals surface area contributed by atoms with E-state index in [1.807, 2.05) is 0 Å². The van der Waals surface area contributed by atoms with Gasteiger partial charge in [0.15, 0.2) is 0 Å². The molecule has 0 amide bonds. The van der Waals surface area contributed by atoms with E-state index in [0.717, 1.165) is 17.8 Å². The van der Waals surface area contributed by atoms with E-state index in [-0.39, 0.29) is 0 Å². The molecule has 0 bridgehead atoms. The first-order valence-corrected chi connectivity index (χ1v) is 8.16. The van der Waals surface area contributed by atoms with Gasteiger partial charge < -0.3 is 10.2 Å². The molecule has 2 aliphatic carbocycles. The van der Waals surface area contributed by atoms with Crippen LogP contribution in [0.15, 0.2) is 12.7 Å². The Morgan fingerprint density at radius 2 is 1.45 bits per heavy atom. The smallest absolute Gasteiger partial charge is 0.450 e. The molecule has 116 valence electrons. The van der Waals surface area contributed by atoms with E-state index in [2.05, 4.69) is 12.7 Å². The largest absolute Gasteiger partial charge is 0.503 e. The maximum atomic E-state index is 8.56. The Hall–Kier alpha value is -0.990. The molecule has 0 unspecified atom stereocenters. The minimum absolute atomic E-state index is 1.03. The van der Waals surface area contributed by atoms with E-state index in [1.54, 1.807) is 12.8 Å². The molecule has 0 saturated heterocycles. The van der Waals surface area contributed by atoms with Crippen LogP contribution in [0.2, 0.25) is 0 Å². The summed E-state index contributed by atoms with van der Waals surface area (Å²) in [6.07, 6.45) is 16.6. The average Bonchev–Trinajstić information content (AvgIpc) is 2.46. The van der Waals surface area contributed by atoms with Crippen molar-refractivity contribution >= 4 is 6.16 Å². The van der Waals surface area contributed by atoms with Crippen molar-refractivity contribution in [1.29, 1.82) is 0 Å². The Balaban J connectivity index is 0.000000444. The Bertz CT molecular complexity index is 270. The van der Waals surface area contributed by atoms with Crippen LogP contribution in [0.3, 0.4) is 0 Å². The molecule has 0 radical (unpaired) electrons. The molecule has 2 rings (SSSR count). The molecule has 0 heterocycles. The quantitative estimate of drug-likeness (QED) is 0.663. The normalized spacial score (nSPS) is 27.2. The van der Waals surface area contributed by atoms with Crippen molar-refractivity contribution in [3.8, 4) is 0 Å². The lowest BCUT2D eigenvalue weighted by atomic mass is 9.70. The molecule has 2 fully saturated rings. The fraction of sp³-hybridized carbons (Fsp3) is 0.824. The highest BCUT2D eigenvalue weighted by molar-refractivity contribution is 5.53. The van der Waals surface area contributed by atoms with Gasteiger partial charge in [0.25, 0.3) is 0 Å². The summed E-state index contributed by atoms with van der Waals surface area (Å²) in [5.41, 5.74) is 0. The first-order valence-electron chi connectivity index (χ1n) is 8.16. The van der Waals surface area contributed by atoms with Crippen molar-refractivity contribution in [1.82, 2.24) is 0 Å². The van der Waals surface area contributed by atoms with Gasteiger partial charge in [0, 0.05) is 0 Å². The van der Waals surface area contributed by atoms with E-state index < -0.39 is 6.16 Å². The summed E-state index contributed by atoms with van der Waals surface area (Å²) in [5, 5.41) is 13.9. The summed E-state index contributed by atoms with van der Waals surface area (Å²) < 4.78 is 0. The molecular weight excluding hydrogens is 252 g/mol. The summed E-state index contributed by atoms with van der Waals surface area (Å²) in [6.45, 7) is 3.83. The predicted octanol–water partition coefficient (Wildman–Crippen LogP) is 5.56. The molecular formula is C17H30O3. The molecule has 20 heavy (non-hydrogen) atoms. The lowest BCUT2D eigenvalue weighted by Gasteiger charge is -2.35. The van der Waals surface area contributed by atoms with E-state index in [9.17, 15) is 0 Å². The molecule has 0 aromatic heterocycles. The van der Waals surface area contributed by atoms with Crippen LogP contribution < -0.4 is 0 Å². The third-order valence-electron chi connectivity index (χ3n) is 4.99. The third kappa shape index (κ3) is 6.97. The fourth-order valence-corrected chi connectivity index (χ4v) is 3.91. The number of carboxylic acid groups (broad SMARTS) is 2. The molecule has 0 atom stereocenters. The molecule has 2 N–H and O–H groups in total. The van der Waals surface area contributed by atoms with Gasteiger partial charge in [0.05, 0.1) is 0 Å². The summed E-state index contributed by atoms with van der Waals surface area (Å²) in [6, 6.07) is 0. The van der Waals surface area contributed by atoms with Crippen molar-refractivity contribution < 1.29 is 15.0 Å². The maximum absolute atomic E-state index is 8.56. The van der Waals surface area contributed by atoms with E-state index >= 15 is 0 Å². The first kappa shape index (κ1) is 17.1. The van der Waals surface area contributed by atoms with Crippen molar-refractivity contribution in [2.75, 3.05) is 0 Å². The minimum Gasteiger partial charge on any atom is -0.450 e. The van der Waals surface area contributed by atoms with Crippen molar-refractivity contribution in [3.05, 3.63) is 12.7 Å². The predicted molar refractivity (Wildman–Crippen MR) is 82.1 cm³/mol. The van der Waals surface area contributed by atoms with Crippen LogP contribution in [-0.2, 0) is 0 Å². The van der Waals surface area contributed by atoms with Crippen LogP contribution in [0.1, 0.15) is 70.6 Å². The van der Waals surface area contributed by atoms with Crippen LogP contribution in [0.5, 0.6) is 0 Å². The summed E-state index contributed by atoms with van der Waals surface area (Å²) in [7, 11) is 0. The Morgan fingerprint density at radius 1 is 0.950 bits per heavy atom. The monoisotopic (exact) mass is 282 g/mol. The van der Waals surface area contributed by atoms with Gasteiger partial charge in [-0.25, -0.2) is 4.79 Å². The zero-order valence-electron chi connectivity index (χ0n) is 12.6. The highest BCUT2D eigenvalue weighted by atomic mass is 16.6. The summed E-state index contributed by atoms with van der Waals surface area (Å²) >= 11 is 0. The van der Waals surface area contributed by atoms with Gasteiger partial charge in [-0.15, -0.1) is 6.58 Å². The average molecular weight is 282 g/mol. The second-order valence-electron chi connectivity index (χ2n) is 6.33. The van der Waals surface area contributed by atoms with Crippen LogP contribution >= 0.6 is 0 Å². The van der Waals surface area contributed by atoms with Gasteiger partial charge >= 0.3 is 6.16 Å². The van der Waals surface area contributed by atoms with Gasteiger partial charge in [-0.3, -0.25) is 0 Å². The first-order chi connectivity index (χ1) is 9.63. The van der Waals surface area contributed by atoms with Gasteiger partial charge in [-0.1, -0.05) is 51.0 Å². The molecule has 0 spiro atoms. The number of hydrogen-bond donors (Lipinski definition) is 2. The van der Waals surface area contributed by atoms with Gasteiger partial charge in [0.1, 0.15) is 0 Å². The topological polar surface area (TPSA) is 57.5 Å². The maximum Gasteiger partial charge on any atom is 0.503 e. The molecule has 0 aromatic carbocycles. The number of carbonyl (C=O) groups is 1. The van der Waals surface area contributed by atoms with Gasteiger partial charge in [-0.2, -0.15) is 0 Å². The molecule has 3 nitrogen and oxygen atoms in total. The lowest BCUT2D eigenvalue weighted by molar-refractivity contribution is 0.137. The molecule has 2 saturated carbocycles. The molecule has 0 aromatic rings. The SMILES string of the molecule is C=CCCC1CCC(C2CCCCC2)CC1.O=C(O)O. The summed E-state index contributed by atoms with van der Waals surface area (Å²) in [4.78, 5) is 8.56. The molecule has 3 heteroatoms. The number of rotatable bonds is 4. The second kappa shape index (κ2) is 9.84. The molecule has 0 aliphatic heterocycles. The zero-order chi connectivity index (χ0) is 14.8. The Kier molecular flexibility index (Phi) is 8.40. The standard InChI is InChI=1S/C16H28.CH2O3/c1-2-3-7-14-10-12-16(13-11-14)15-8-5-4-6-9-15;2-1(3)4/h2,14-16H,1,3-13H2;(H2,2,3,4). The fourth-order valence-electron chi connectivity index (χ4n) is 3.91. The molecule has 2 aliphatic rings. The Labute approximate surface area is 123 Å². The zero-order valence-corrected chi connectivity index (χ0v) is 12.6. The van der Waals surface area contributed by atoms with E-state index in [4.69, 9.17) is 15.0 Å². The highest BCUT2D eigenvalue weighted by Gasteiger charge is 2.27.